The summed E-state index contributed by atoms with van der Waals surface area (Å²) < 4.78 is 5.36. The topological polar surface area (TPSA) is 80.3 Å². The lowest BCUT2D eigenvalue weighted by atomic mass is 10.1. The quantitative estimate of drug-likeness (QED) is 0.689. The number of hydrogen-bond donors (Lipinski definition) is 2. The van der Waals surface area contributed by atoms with Crippen LogP contribution in [0.15, 0.2) is 60.1 Å². The Hall–Kier alpha value is -3.19. The van der Waals surface area contributed by atoms with Gasteiger partial charge >= 0.3 is 0 Å². The van der Waals surface area contributed by atoms with Crippen LogP contribution in [-0.4, -0.2) is 23.4 Å². The number of amides is 2. The van der Waals surface area contributed by atoms with E-state index in [2.05, 4.69) is 15.6 Å². The number of hydrogen-bond acceptors (Lipinski definition) is 5. The van der Waals surface area contributed by atoms with Gasteiger partial charge in [-0.05, 0) is 55.5 Å². The molecule has 7 heteroatoms. The molecule has 2 amide bonds. The Kier molecular flexibility index (Phi) is 5.60. The number of nitrogens with one attached hydrogen (secondary N) is 2. The zero-order chi connectivity index (χ0) is 18.4. The highest BCUT2D eigenvalue weighted by Gasteiger charge is 2.09. The summed E-state index contributed by atoms with van der Waals surface area (Å²) in [5.74, 6) is 0.247. The number of thiazole rings is 1. The second-order valence-corrected chi connectivity index (χ2v) is 6.17. The third-order valence-corrected chi connectivity index (χ3v) is 4.17. The minimum absolute atomic E-state index is 0.229. The van der Waals surface area contributed by atoms with Crippen molar-refractivity contribution in [1.82, 2.24) is 4.98 Å². The summed E-state index contributed by atoms with van der Waals surface area (Å²) in [5.41, 5.74) is 1.62. The van der Waals surface area contributed by atoms with Gasteiger partial charge in [0.05, 0.1) is 6.61 Å². The molecule has 1 aromatic heterocycles. The first-order valence-corrected chi connectivity index (χ1v) is 8.89. The van der Waals surface area contributed by atoms with Gasteiger partial charge in [0.25, 0.3) is 11.8 Å². The maximum absolute atomic E-state index is 12.3. The van der Waals surface area contributed by atoms with E-state index in [4.69, 9.17) is 4.74 Å². The van der Waals surface area contributed by atoms with Crippen LogP contribution in [0.25, 0.3) is 0 Å². The summed E-state index contributed by atoms with van der Waals surface area (Å²) in [6.45, 7) is 2.48. The van der Waals surface area contributed by atoms with Crippen molar-refractivity contribution < 1.29 is 14.3 Å². The van der Waals surface area contributed by atoms with Crippen LogP contribution in [0.5, 0.6) is 5.75 Å². The Labute approximate surface area is 154 Å². The summed E-state index contributed by atoms with van der Waals surface area (Å²) in [4.78, 5) is 28.4. The second kappa shape index (κ2) is 8.26. The van der Waals surface area contributed by atoms with E-state index in [1.807, 2.05) is 6.92 Å². The number of benzene rings is 2. The molecule has 0 saturated carbocycles. The molecule has 0 spiro atoms. The molecule has 0 atom stereocenters. The molecule has 2 N–H and O–H groups in total. The van der Waals surface area contributed by atoms with E-state index < -0.39 is 0 Å². The maximum atomic E-state index is 12.3. The van der Waals surface area contributed by atoms with Crippen LogP contribution in [0, 0.1) is 0 Å². The molecule has 2 aromatic carbocycles. The largest absolute Gasteiger partial charge is 0.494 e. The standard InChI is InChI=1S/C19H17N3O3S/c1-2-25-16-9-5-14(6-10-16)17(23)21-15-7-3-13(4-8-15)18(24)22-19-20-11-12-26-19/h3-12H,2H2,1H3,(H,21,23)(H,20,22,24). The van der Waals surface area contributed by atoms with Gasteiger partial charge in [-0.2, -0.15) is 0 Å². The van der Waals surface area contributed by atoms with Crippen LogP contribution in [0.1, 0.15) is 27.6 Å². The first-order chi connectivity index (χ1) is 12.7. The monoisotopic (exact) mass is 367 g/mol. The summed E-state index contributed by atoms with van der Waals surface area (Å²) >= 11 is 1.35. The highest BCUT2D eigenvalue weighted by molar-refractivity contribution is 7.13. The fourth-order valence-corrected chi connectivity index (χ4v) is 2.76. The number of aromatic nitrogens is 1. The molecule has 0 aliphatic rings. The molecular formula is C19H17N3O3S. The number of carbonyl (C=O) groups is 2. The van der Waals surface area contributed by atoms with Gasteiger partial charge in [0.2, 0.25) is 0 Å². The Morgan fingerprint density at radius 2 is 1.58 bits per heavy atom. The van der Waals surface area contributed by atoms with Crippen LogP contribution in [0.3, 0.4) is 0 Å². The van der Waals surface area contributed by atoms with Crippen molar-refractivity contribution in [2.24, 2.45) is 0 Å². The normalized spacial score (nSPS) is 10.2. The minimum Gasteiger partial charge on any atom is -0.494 e. The molecule has 26 heavy (non-hydrogen) atoms. The lowest BCUT2D eigenvalue weighted by molar-refractivity contribution is 0.102. The molecule has 0 saturated heterocycles. The zero-order valence-electron chi connectivity index (χ0n) is 14.1. The first kappa shape index (κ1) is 17.6. The molecule has 3 rings (SSSR count). The van der Waals surface area contributed by atoms with Crippen molar-refractivity contribution in [3.8, 4) is 5.75 Å². The number of rotatable bonds is 6. The molecule has 3 aromatic rings. The molecule has 0 aliphatic heterocycles. The Morgan fingerprint density at radius 1 is 0.962 bits per heavy atom. The maximum Gasteiger partial charge on any atom is 0.257 e. The van der Waals surface area contributed by atoms with Crippen molar-refractivity contribution in [3.05, 3.63) is 71.2 Å². The zero-order valence-corrected chi connectivity index (χ0v) is 14.9. The Bertz CT molecular complexity index is 875. The van der Waals surface area contributed by atoms with E-state index in [1.165, 1.54) is 11.3 Å². The van der Waals surface area contributed by atoms with Gasteiger partial charge in [0, 0.05) is 28.4 Å². The van der Waals surface area contributed by atoms with Crippen LogP contribution in [-0.2, 0) is 0 Å². The third-order valence-electron chi connectivity index (χ3n) is 3.49. The van der Waals surface area contributed by atoms with Crippen LogP contribution >= 0.6 is 11.3 Å². The van der Waals surface area contributed by atoms with E-state index in [9.17, 15) is 9.59 Å². The predicted octanol–water partition coefficient (Wildman–Crippen LogP) is 4.05. The molecular weight excluding hydrogens is 350 g/mol. The number of nitrogens with zero attached hydrogens (tertiary/aromatic N) is 1. The van der Waals surface area contributed by atoms with Crippen molar-refractivity contribution >= 4 is 34.0 Å². The van der Waals surface area contributed by atoms with E-state index in [1.54, 1.807) is 60.1 Å². The Balaban J connectivity index is 1.61. The van der Waals surface area contributed by atoms with Gasteiger partial charge in [0.15, 0.2) is 5.13 Å². The Morgan fingerprint density at radius 3 is 2.15 bits per heavy atom. The number of anilines is 2. The van der Waals surface area contributed by atoms with Gasteiger partial charge in [-0.3, -0.25) is 14.9 Å². The van der Waals surface area contributed by atoms with Gasteiger partial charge in [-0.25, -0.2) is 4.98 Å². The molecule has 6 nitrogen and oxygen atoms in total. The van der Waals surface area contributed by atoms with Crippen LogP contribution in [0.2, 0.25) is 0 Å². The van der Waals surface area contributed by atoms with E-state index in [0.29, 0.717) is 28.6 Å². The summed E-state index contributed by atoms with van der Waals surface area (Å²) in [5, 5.41) is 7.84. The fraction of sp³-hybridized carbons (Fsp3) is 0.105. The minimum atomic E-state index is -0.246. The average Bonchev–Trinajstić information content (AvgIpc) is 3.16. The molecule has 0 fully saturated rings. The van der Waals surface area contributed by atoms with E-state index >= 15 is 0 Å². The number of ether oxygens (including phenoxy) is 1. The van der Waals surface area contributed by atoms with E-state index in [-0.39, 0.29) is 11.8 Å². The number of carbonyl (C=O) groups excluding carboxylic acids is 2. The summed E-state index contributed by atoms with van der Waals surface area (Å²) in [6.07, 6.45) is 1.62. The van der Waals surface area contributed by atoms with Gasteiger partial charge < -0.3 is 10.1 Å². The molecule has 1 heterocycles. The molecule has 132 valence electrons. The van der Waals surface area contributed by atoms with Crippen molar-refractivity contribution in [1.29, 1.82) is 0 Å². The fourth-order valence-electron chi connectivity index (χ4n) is 2.23. The van der Waals surface area contributed by atoms with Gasteiger partial charge in [-0.1, -0.05) is 0 Å². The first-order valence-electron chi connectivity index (χ1n) is 8.01. The third kappa shape index (κ3) is 4.46. The molecule has 0 unspecified atom stereocenters. The van der Waals surface area contributed by atoms with Crippen LogP contribution < -0.4 is 15.4 Å². The highest BCUT2D eigenvalue weighted by Crippen LogP contribution is 2.16. The predicted molar refractivity (Wildman–Crippen MR) is 102 cm³/mol. The summed E-state index contributed by atoms with van der Waals surface area (Å²) in [7, 11) is 0. The van der Waals surface area contributed by atoms with Crippen molar-refractivity contribution in [2.45, 2.75) is 6.92 Å². The van der Waals surface area contributed by atoms with Crippen molar-refractivity contribution in [3.63, 3.8) is 0 Å². The van der Waals surface area contributed by atoms with Crippen LogP contribution in [0.4, 0.5) is 10.8 Å². The lowest BCUT2D eigenvalue weighted by Crippen LogP contribution is -2.13. The molecule has 0 bridgehead atoms. The van der Waals surface area contributed by atoms with Gasteiger partial charge in [-0.15, -0.1) is 11.3 Å². The smallest absolute Gasteiger partial charge is 0.257 e. The van der Waals surface area contributed by atoms with Crippen molar-refractivity contribution in [2.75, 3.05) is 17.2 Å². The van der Waals surface area contributed by atoms with E-state index in [0.717, 1.165) is 5.75 Å². The average molecular weight is 367 g/mol. The highest BCUT2D eigenvalue weighted by atomic mass is 32.1. The summed E-state index contributed by atoms with van der Waals surface area (Å²) in [6, 6.07) is 13.6. The SMILES string of the molecule is CCOc1ccc(C(=O)Nc2ccc(C(=O)Nc3nccs3)cc2)cc1. The molecule has 0 aliphatic carbocycles. The lowest BCUT2D eigenvalue weighted by Gasteiger charge is -2.08. The second-order valence-electron chi connectivity index (χ2n) is 5.28. The van der Waals surface area contributed by atoms with Gasteiger partial charge in [0.1, 0.15) is 5.75 Å². The molecule has 0 radical (unpaired) electrons.